The van der Waals surface area contributed by atoms with E-state index in [-0.39, 0.29) is 10.9 Å². The Kier molecular flexibility index (Phi) is 3.90. The van der Waals surface area contributed by atoms with E-state index >= 15 is 0 Å². The number of halogens is 2. The molecule has 3 nitrogen and oxygen atoms in total. The molecule has 0 bridgehead atoms. The average Bonchev–Trinajstić information content (AvgIpc) is 3.02. The molecule has 0 unspecified atom stereocenters. The van der Waals surface area contributed by atoms with Gasteiger partial charge in [0, 0.05) is 4.88 Å². The van der Waals surface area contributed by atoms with Crippen molar-refractivity contribution in [2.24, 2.45) is 0 Å². The predicted molar refractivity (Wildman–Crippen MR) is 85.5 cm³/mol. The second-order valence-electron chi connectivity index (χ2n) is 4.73. The van der Waals surface area contributed by atoms with Crippen LogP contribution in [0.2, 0.25) is 10.0 Å². The van der Waals surface area contributed by atoms with Crippen molar-refractivity contribution in [3.63, 3.8) is 0 Å². The van der Waals surface area contributed by atoms with Crippen LogP contribution < -0.4 is 5.32 Å². The van der Waals surface area contributed by atoms with Crippen molar-refractivity contribution in [2.75, 3.05) is 5.32 Å². The molecule has 1 heterocycles. The molecule has 1 aromatic heterocycles. The lowest BCUT2D eigenvalue weighted by Crippen LogP contribution is -2.12. The van der Waals surface area contributed by atoms with Crippen LogP contribution in [0.15, 0.2) is 18.2 Å². The first kappa shape index (κ1) is 14.4. The zero-order chi connectivity index (χ0) is 15.0. The molecule has 3 rings (SSSR count). The molecule has 1 aliphatic rings. The van der Waals surface area contributed by atoms with E-state index in [1.165, 1.54) is 16.2 Å². The predicted octanol–water partition coefficient (Wildman–Crippen LogP) is 4.67. The molecule has 0 spiro atoms. The molecule has 0 radical (unpaired) electrons. The Morgan fingerprint density at radius 3 is 2.90 bits per heavy atom. The number of hydrogen-bond acceptors (Lipinski definition) is 3. The quantitative estimate of drug-likeness (QED) is 0.866. The minimum atomic E-state index is -0.348. The van der Waals surface area contributed by atoms with Gasteiger partial charge in [-0.1, -0.05) is 29.3 Å². The molecule has 21 heavy (non-hydrogen) atoms. The first-order valence-corrected chi connectivity index (χ1v) is 7.99. The van der Waals surface area contributed by atoms with Gasteiger partial charge in [0.2, 0.25) is 0 Å². The van der Waals surface area contributed by atoms with Crippen LogP contribution in [-0.4, -0.2) is 5.91 Å². The van der Waals surface area contributed by atoms with Crippen LogP contribution in [0.4, 0.5) is 5.00 Å². The molecular formula is C15H10Cl2N2OS. The van der Waals surface area contributed by atoms with Crippen LogP contribution >= 0.6 is 34.5 Å². The standard InChI is InChI=1S/C15H10Cl2N2OS/c16-11-5-1-4-9(13(11)17)14(20)19-15-10(7-18)8-3-2-6-12(8)21-15/h1,4-5H,2-3,6H2,(H,19,20). The van der Waals surface area contributed by atoms with Gasteiger partial charge in [0.05, 0.1) is 21.2 Å². The van der Waals surface area contributed by atoms with E-state index in [1.54, 1.807) is 18.2 Å². The van der Waals surface area contributed by atoms with E-state index in [0.717, 1.165) is 24.8 Å². The zero-order valence-electron chi connectivity index (χ0n) is 10.9. The Bertz CT molecular complexity index is 777. The second-order valence-corrected chi connectivity index (χ2v) is 6.62. The number of rotatable bonds is 2. The van der Waals surface area contributed by atoms with Gasteiger partial charge in [0.25, 0.3) is 5.91 Å². The van der Waals surface area contributed by atoms with Gasteiger partial charge in [-0.3, -0.25) is 4.79 Å². The Balaban J connectivity index is 1.93. The number of benzene rings is 1. The van der Waals surface area contributed by atoms with Gasteiger partial charge in [0.1, 0.15) is 11.1 Å². The fourth-order valence-corrected chi connectivity index (χ4v) is 4.08. The summed E-state index contributed by atoms with van der Waals surface area (Å²) < 4.78 is 0. The third kappa shape index (κ3) is 2.53. The van der Waals surface area contributed by atoms with Gasteiger partial charge in [-0.15, -0.1) is 11.3 Å². The summed E-state index contributed by atoms with van der Waals surface area (Å²) in [6.07, 6.45) is 2.95. The molecule has 0 atom stereocenters. The zero-order valence-corrected chi connectivity index (χ0v) is 13.2. The molecule has 106 valence electrons. The third-order valence-electron chi connectivity index (χ3n) is 3.46. The molecular weight excluding hydrogens is 327 g/mol. The van der Waals surface area contributed by atoms with Crippen molar-refractivity contribution in [3.8, 4) is 6.07 Å². The van der Waals surface area contributed by atoms with Gasteiger partial charge >= 0.3 is 0 Å². The average molecular weight is 337 g/mol. The second kappa shape index (κ2) is 5.69. The Labute approximate surface area is 136 Å². The first-order chi connectivity index (χ1) is 10.1. The number of anilines is 1. The van der Waals surface area contributed by atoms with Crippen LogP contribution in [0.25, 0.3) is 0 Å². The van der Waals surface area contributed by atoms with Crippen molar-refractivity contribution in [3.05, 3.63) is 49.8 Å². The molecule has 2 aromatic rings. The van der Waals surface area contributed by atoms with Crippen LogP contribution in [0, 0.1) is 11.3 Å². The highest BCUT2D eigenvalue weighted by Gasteiger charge is 2.24. The van der Waals surface area contributed by atoms with E-state index in [0.29, 0.717) is 21.2 Å². The van der Waals surface area contributed by atoms with Crippen molar-refractivity contribution in [1.82, 2.24) is 0 Å². The van der Waals surface area contributed by atoms with E-state index < -0.39 is 0 Å². The molecule has 0 saturated carbocycles. The number of amides is 1. The SMILES string of the molecule is N#Cc1c(NC(=O)c2cccc(Cl)c2Cl)sc2c1CCC2. The molecule has 1 aliphatic carbocycles. The number of carbonyl (C=O) groups is 1. The summed E-state index contributed by atoms with van der Waals surface area (Å²) in [5.41, 5.74) is 1.97. The fraction of sp³-hybridized carbons (Fsp3) is 0.200. The maximum atomic E-state index is 12.3. The minimum absolute atomic E-state index is 0.222. The maximum Gasteiger partial charge on any atom is 0.257 e. The molecule has 0 saturated heterocycles. The van der Waals surface area contributed by atoms with Crippen LogP contribution in [0.1, 0.15) is 32.8 Å². The molecule has 0 fully saturated rings. The largest absolute Gasteiger partial charge is 0.312 e. The Morgan fingerprint density at radius 2 is 2.14 bits per heavy atom. The minimum Gasteiger partial charge on any atom is -0.312 e. The Hall–Kier alpha value is -1.54. The van der Waals surface area contributed by atoms with Crippen LogP contribution in [0.3, 0.4) is 0 Å². The monoisotopic (exact) mass is 336 g/mol. The first-order valence-electron chi connectivity index (χ1n) is 6.42. The number of fused-ring (bicyclic) bond motifs is 1. The van der Waals surface area contributed by atoms with Gasteiger partial charge in [-0.25, -0.2) is 0 Å². The fourth-order valence-electron chi connectivity index (χ4n) is 2.46. The van der Waals surface area contributed by atoms with Gasteiger partial charge in [-0.2, -0.15) is 5.26 Å². The summed E-state index contributed by atoms with van der Waals surface area (Å²) in [4.78, 5) is 13.5. The summed E-state index contributed by atoms with van der Waals surface area (Å²) in [5, 5.41) is 13.3. The lowest BCUT2D eigenvalue weighted by molar-refractivity contribution is 0.102. The summed E-state index contributed by atoms with van der Waals surface area (Å²) >= 11 is 13.4. The highest BCUT2D eigenvalue weighted by Crippen LogP contribution is 2.39. The molecule has 6 heteroatoms. The number of nitrogens with one attached hydrogen (secondary N) is 1. The van der Waals surface area contributed by atoms with Crippen LogP contribution in [-0.2, 0) is 12.8 Å². The number of carbonyl (C=O) groups excluding carboxylic acids is 1. The maximum absolute atomic E-state index is 12.3. The van der Waals surface area contributed by atoms with Crippen molar-refractivity contribution < 1.29 is 4.79 Å². The number of hydrogen-bond donors (Lipinski definition) is 1. The topological polar surface area (TPSA) is 52.9 Å². The van der Waals surface area contributed by atoms with Crippen LogP contribution in [0.5, 0.6) is 0 Å². The smallest absolute Gasteiger partial charge is 0.257 e. The lowest BCUT2D eigenvalue weighted by atomic mass is 10.1. The van der Waals surface area contributed by atoms with E-state index in [4.69, 9.17) is 23.2 Å². The number of thiophene rings is 1. The third-order valence-corrected chi connectivity index (χ3v) is 5.48. The molecule has 1 N–H and O–H groups in total. The number of nitriles is 1. The van der Waals surface area contributed by atoms with E-state index in [2.05, 4.69) is 11.4 Å². The highest BCUT2D eigenvalue weighted by atomic mass is 35.5. The number of nitrogens with zero attached hydrogens (tertiary/aromatic N) is 1. The number of aryl methyl sites for hydroxylation is 1. The summed E-state index contributed by atoms with van der Waals surface area (Å²) in [5.74, 6) is -0.348. The summed E-state index contributed by atoms with van der Waals surface area (Å²) in [7, 11) is 0. The molecule has 1 aromatic carbocycles. The summed E-state index contributed by atoms with van der Waals surface area (Å²) in [6, 6.07) is 7.10. The van der Waals surface area contributed by atoms with Gasteiger partial charge in [-0.05, 0) is 37.0 Å². The lowest BCUT2D eigenvalue weighted by Gasteiger charge is -2.06. The summed E-state index contributed by atoms with van der Waals surface area (Å²) in [6.45, 7) is 0. The van der Waals surface area contributed by atoms with Gasteiger partial charge in [0.15, 0.2) is 0 Å². The van der Waals surface area contributed by atoms with Gasteiger partial charge < -0.3 is 5.32 Å². The van der Waals surface area contributed by atoms with E-state index in [9.17, 15) is 10.1 Å². The van der Waals surface area contributed by atoms with Crippen molar-refractivity contribution in [2.45, 2.75) is 19.3 Å². The molecule has 1 amide bonds. The Morgan fingerprint density at radius 1 is 1.33 bits per heavy atom. The normalized spacial score (nSPS) is 12.8. The van der Waals surface area contributed by atoms with E-state index in [1.807, 2.05) is 0 Å². The van der Waals surface area contributed by atoms with Crippen molar-refractivity contribution >= 4 is 45.4 Å². The van der Waals surface area contributed by atoms with Crippen molar-refractivity contribution in [1.29, 1.82) is 5.26 Å². The highest BCUT2D eigenvalue weighted by molar-refractivity contribution is 7.16. The molecule has 0 aliphatic heterocycles.